The summed E-state index contributed by atoms with van der Waals surface area (Å²) in [6.07, 6.45) is 2.22. The number of ether oxygens (including phenoxy) is 3. The highest BCUT2D eigenvalue weighted by Crippen LogP contribution is 2.25. The van der Waals surface area contributed by atoms with E-state index in [1.54, 1.807) is 12.1 Å². The van der Waals surface area contributed by atoms with Crippen molar-refractivity contribution in [3.05, 3.63) is 23.8 Å². The molecule has 0 bridgehead atoms. The van der Waals surface area contributed by atoms with Crippen LogP contribution in [0.1, 0.15) is 16.8 Å². The van der Waals surface area contributed by atoms with Gasteiger partial charge in [-0.3, -0.25) is 4.79 Å². The van der Waals surface area contributed by atoms with Gasteiger partial charge >= 0.3 is 12.0 Å². The SMILES string of the molecule is COc1ccc(C(=O)COC(=O)[C@@H](CCSC)NC(N)=O)c(OC)c1. The zero-order chi connectivity index (χ0) is 18.8. The summed E-state index contributed by atoms with van der Waals surface area (Å²) in [4.78, 5) is 35.3. The molecule has 0 aliphatic carbocycles. The van der Waals surface area contributed by atoms with Crippen molar-refractivity contribution < 1.29 is 28.6 Å². The van der Waals surface area contributed by atoms with E-state index in [-0.39, 0.29) is 5.56 Å². The minimum absolute atomic E-state index is 0.264. The second kappa shape index (κ2) is 10.4. The minimum Gasteiger partial charge on any atom is -0.497 e. The van der Waals surface area contributed by atoms with E-state index in [1.807, 2.05) is 6.26 Å². The molecule has 0 radical (unpaired) electrons. The first kappa shape index (κ1) is 20.6. The number of nitrogens with one attached hydrogen (secondary N) is 1. The van der Waals surface area contributed by atoms with Gasteiger partial charge in [0, 0.05) is 6.07 Å². The highest BCUT2D eigenvalue weighted by molar-refractivity contribution is 7.98. The first-order chi connectivity index (χ1) is 11.9. The van der Waals surface area contributed by atoms with Gasteiger partial charge in [0.1, 0.15) is 17.5 Å². The van der Waals surface area contributed by atoms with Crippen LogP contribution in [0.15, 0.2) is 18.2 Å². The summed E-state index contributed by atoms with van der Waals surface area (Å²) >= 11 is 1.51. The molecule has 0 aliphatic heterocycles. The zero-order valence-electron chi connectivity index (χ0n) is 14.4. The number of methoxy groups -OCH3 is 2. The van der Waals surface area contributed by atoms with Crippen molar-refractivity contribution in [2.24, 2.45) is 5.73 Å². The topological polar surface area (TPSA) is 117 Å². The van der Waals surface area contributed by atoms with Crippen molar-refractivity contribution in [3.63, 3.8) is 0 Å². The summed E-state index contributed by atoms with van der Waals surface area (Å²) in [5.41, 5.74) is 5.32. The van der Waals surface area contributed by atoms with E-state index in [0.717, 1.165) is 0 Å². The van der Waals surface area contributed by atoms with Gasteiger partial charge in [0.05, 0.1) is 19.8 Å². The second-order valence-corrected chi connectivity index (χ2v) is 5.93. The van der Waals surface area contributed by atoms with Crippen molar-refractivity contribution in [2.45, 2.75) is 12.5 Å². The number of rotatable bonds is 10. The average molecular weight is 370 g/mol. The lowest BCUT2D eigenvalue weighted by Gasteiger charge is -2.16. The first-order valence-electron chi connectivity index (χ1n) is 7.39. The zero-order valence-corrected chi connectivity index (χ0v) is 15.2. The summed E-state index contributed by atoms with van der Waals surface area (Å²) in [5, 5.41) is 2.31. The molecular weight excluding hydrogens is 348 g/mol. The first-order valence-corrected chi connectivity index (χ1v) is 8.79. The Morgan fingerprint density at radius 2 is 1.96 bits per heavy atom. The Balaban J connectivity index is 2.73. The standard InChI is InChI=1S/C16H22N2O6S/c1-22-10-4-5-11(14(8-10)23-2)13(19)9-24-15(20)12(6-7-25-3)18-16(17)21/h4-5,8,12H,6-7,9H2,1-3H3,(H3,17,18,21)/t12-/m1/s1. The lowest BCUT2D eigenvalue weighted by molar-refractivity contribution is -0.144. The molecule has 0 unspecified atom stereocenters. The average Bonchev–Trinajstić information content (AvgIpc) is 2.61. The Hall–Kier alpha value is -2.42. The van der Waals surface area contributed by atoms with Gasteiger partial charge < -0.3 is 25.3 Å². The molecule has 9 heteroatoms. The molecule has 0 saturated carbocycles. The summed E-state index contributed by atoms with van der Waals surface area (Å²) in [5.74, 6) is 0.326. The van der Waals surface area contributed by atoms with E-state index in [2.05, 4.69) is 5.32 Å². The molecule has 1 rings (SSSR count). The number of amides is 2. The van der Waals surface area contributed by atoms with E-state index >= 15 is 0 Å². The summed E-state index contributed by atoms with van der Waals surface area (Å²) in [7, 11) is 2.92. The Kier molecular flexibility index (Phi) is 8.62. The molecule has 0 aliphatic rings. The van der Waals surface area contributed by atoms with Crippen LogP contribution in [0.25, 0.3) is 0 Å². The van der Waals surface area contributed by atoms with Gasteiger partial charge in [-0.2, -0.15) is 11.8 Å². The van der Waals surface area contributed by atoms with E-state index in [4.69, 9.17) is 19.9 Å². The number of benzene rings is 1. The number of Topliss-reactive ketones (excluding diaryl/α,β-unsaturated/α-hetero) is 1. The molecule has 0 spiro atoms. The number of hydrogen-bond donors (Lipinski definition) is 2. The third-order valence-corrected chi connectivity index (χ3v) is 3.91. The van der Waals surface area contributed by atoms with Crippen LogP contribution in [-0.4, -0.2) is 56.7 Å². The van der Waals surface area contributed by atoms with Crippen molar-refractivity contribution in [3.8, 4) is 11.5 Å². The van der Waals surface area contributed by atoms with Crippen LogP contribution in [0, 0.1) is 0 Å². The third-order valence-electron chi connectivity index (χ3n) is 3.27. The van der Waals surface area contributed by atoms with Crippen molar-refractivity contribution in [1.82, 2.24) is 5.32 Å². The van der Waals surface area contributed by atoms with Gasteiger partial charge in [0.15, 0.2) is 6.61 Å². The minimum atomic E-state index is -0.893. The predicted octanol–water partition coefficient (Wildman–Crippen LogP) is 1.22. The number of carbonyl (C=O) groups is 3. The predicted molar refractivity (Wildman–Crippen MR) is 94.3 cm³/mol. The maximum Gasteiger partial charge on any atom is 0.329 e. The number of urea groups is 1. The molecule has 8 nitrogen and oxygen atoms in total. The summed E-state index contributed by atoms with van der Waals surface area (Å²) in [6.45, 7) is -0.474. The van der Waals surface area contributed by atoms with Crippen molar-refractivity contribution in [2.75, 3.05) is 32.8 Å². The van der Waals surface area contributed by atoms with E-state index in [0.29, 0.717) is 23.7 Å². The van der Waals surface area contributed by atoms with Crippen LogP contribution < -0.4 is 20.5 Å². The molecule has 0 saturated heterocycles. The fraction of sp³-hybridized carbons (Fsp3) is 0.438. The van der Waals surface area contributed by atoms with Crippen molar-refractivity contribution in [1.29, 1.82) is 0 Å². The van der Waals surface area contributed by atoms with E-state index in [9.17, 15) is 14.4 Å². The molecule has 0 aromatic heterocycles. The third kappa shape index (κ3) is 6.54. The number of primary amides is 1. The lowest BCUT2D eigenvalue weighted by Crippen LogP contribution is -2.45. The highest BCUT2D eigenvalue weighted by Gasteiger charge is 2.23. The quantitative estimate of drug-likeness (QED) is 0.470. The molecule has 0 fully saturated rings. The van der Waals surface area contributed by atoms with Crippen LogP contribution in [0.2, 0.25) is 0 Å². The van der Waals surface area contributed by atoms with Crippen LogP contribution in [0.5, 0.6) is 11.5 Å². The Morgan fingerprint density at radius 3 is 2.52 bits per heavy atom. The number of ketones is 1. The van der Waals surface area contributed by atoms with Crippen molar-refractivity contribution >= 4 is 29.5 Å². The van der Waals surface area contributed by atoms with Crippen LogP contribution in [-0.2, 0) is 9.53 Å². The molecule has 1 atom stereocenters. The van der Waals surface area contributed by atoms with E-state index in [1.165, 1.54) is 32.0 Å². The Morgan fingerprint density at radius 1 is 1.24 bits per heavy atom. The van der Waals surface area contributed by atoms with E-state index < -0.39 is 30.4 Å². The van der Waals surface area contributed by atoms with Gasteiger partial charge in [-0.1, -0.05) is 0 Å². The fourth-order valence-corrected chi connectivity index (χ4v) is 2.47. The smallest absolute Gasteiger partial charge is 0.329 e. The second-order valence-electron chi connectivity index (χ2n) is 4.94. The molecular formula is C16H22N2O6S. The number of esters is 1. The maximum absolute atomic E-state index is 12.3. The lowest BCUT2D eigenvalue weighted by atomic mass is 10.1. The van der Waals surface area contributed by atoms with Gasteiger partial charge in [0.25, 0.3) is 0 Å². The van der Waals surface area contributed by atoms with Gasteiger partial charge in [0.2, 0.25) is 5.78 Å². The van der Waals surface area contributed by atoms with Crippen LogP contribution >= 0.6 is 11.8 Å². The Bertz CT molecular complexity index is 623. The van der Waals surface area contributed by atoms with Crippen LogP contribution in [0.3, 0.4) is 0 Å². The van der Waals surface area contributed by atoms with Crippen LogP contribution in [0.4, 0.5) is 4.79 Å². The summed E-state index contributed by atoms with van der Waals surface area (Å²) in [6, 6.07) is 2.97. The molecule has 25 heavy (non-hydrogen) atoms. The molecule has 2 amide bonds. The van der Waals surface area contributed by atoms with Gasteiger partial charge in [-0.05, 0) is 30.6 Å². The number of carbonyl (C=O) groups excluding carboxylic acids is 3. The maximum atomic E-state index is 12.3. The summed E-state index contributed by atoms with van der Waals surface area (Å²) < 4.78 is 15.2. The normalized spacial score (nSPS) is 11.3. The van der Waals surface area contributed by atoms with Gasteiger partial charge in [-0.15, -0.1) is 0 Å². The van der Waals surface area contributed by atoms with Gasteiger partial charge in [-0.25, -0.2) is 9.59 Å². The molecule has 1 aromatic rings. The number of hydrogen-bond acceptors (Lipinski definition) is 7. The largest absolute Gasteiger partial charge is 0.497 e. The highest BCUT2D eigenvalue weighted by atomic mass is 32.2. The molecule has 1 aromatic carbocycles. The monoisotopic (exact) mass is 370 g/mol. The fourth-order valence-electron chi connectivity index (χ4n) is 2.00. The number of nitrogens with two attached hydrogens (primary N) is 1. The molecule has 138 valence electrons. The number of thioether (sulfide) groups is 1. The Labute approximate surface area is 150 Å². The molecule has 3 N–H and O–H groups in total. The molecule has 0 heterocycles.